The average molecular weight is 414 g/mol. The smallest absolute Gasteiger partial charge is 0.323 e. The molecular formula is C24H22N4O3. The fourth-order valence-electron chi connectivity index (χ4n) is 2.81. The van der Waals surface area contributed by atoms with Gasteiger partial charge in [-0.25, -0.2) is 4.79 Å². The highest BCUT2D eigenvalue weighted by Crippen LogP contribution is 2.23. The van der Waals surface area contributed by atoms with E-state index < -0.39 is 0 Å². The predicted octanol–water partition coefficient (Wildman–Crippen LogP) is 6.30. The van der Waals surface area contributed by atoms with Crippen molar-refractivity contribution < 1.29 is 14.1 Å². The molecule has 7 nitrogen and oxygen atoms in total. The molecule has 31 heavy (non-hydrogen) atoms. The maximum atomic E-state index is 12.3. The monoisotopic (exact) mass is 414 g/mol. The Labute approximate surface area is 180 Å². The van der Waals surface area contributed by atoms with Gasteiger partial charge in [0.05, 0.1) is 0 Å². The van der Waals surface area contributed by atoms with Crippen LogP contribution in [0.1, 0.15) is 25.7 Å². The Morgan fingerprint density at radius 3 is 2.00 bits per heavy atom. The molecule has 0 fully saturated rings. The van der Waals surface area contributed by atoms with Crippen molar-refractivity contribution in [2.24, 2.45) is 0 Å². The molecule has 0 saturated heterocycles. The molecule has 0 atom stereocenters. The second-order valence-electron chi connectivity index (χ2n) is 7.21. The van der Waals surface area contributed by atoms with Gasteiger partial charge in [0.2, 0.25) is 11.7 Å². The van der Waals surface area contributed by atoms with Crippen LogP contribution in [-0.2, 0) is 0 Å². The molecule has 4 rings (SSSR count). The number of benzene rings is 3. The van der Waals surface area contributed by atoms with E-state index in [1.54, 1.807) is 36.4 Å². The quantitative estimate of drug-likeness (QED) is 0.387. The molecule has 0 aliphatic carbocycles. The van der Waals surface area contributed by atoms with Crippen molar-refractivity contribution >= 4 is 17.4 Å². The first kappa shape index (κ1) is 20.2. The van der Waals surface area contributed by atoms with Gasteiger partial charge in [-0.1, -0.05) is 37.2 Å². The molecule has 1 aromatic heterocycles. The maximum Gasteiger partial charge on any atom is 0.323 e. The van der Waals surface area contributed by atoms with Gasteiger partial charge in [0.1, 0.15) is 11.5 Å². The lowest BCUT2D eigenvalue weighted by Crippen LogP contribution is -2.19. The summed E-state index contributed by atoms with van der Waals surface area (Å²) in [6.45, 7) is 3.99. The number of urea groups is 1. The Morgan fingerprint density at radius 2 is 1.42 bits per heavy atom. The number of hydrogen-bond donors (Lipinski definition) is 2. The van der Waals surface area contributed by atoms with E-state index >= 15 is 0 Å². The predicted molar refractivity (Wildman–Crippen MR) is 119 cm³/mol. The Morgan fingerprint density at radius 1 is 0.839 bits per heavy atom. The number of nitrogens with one attached hydrogen (secondary N) is 2. The highest BCUT2D eigenvalue weighted by molar-refractivity contribution is 5.99. The van der Waals surface area contributed by atoms with E-state index in [2.05, 4.69) is 20.8 Å². The molecular weight excluding hydrogens is 392 g/mol. The summed E-state index contributed by atoms with van der Waals surface area (Å²) >= 11 is 0. The van der Waals surface area contributed by atoms with Gasteiger partial charge in [0.25, 0.3) is 0 Å². The van der Waals surface area contributed by atoms with Crippen molar-refractivity contribution in [3.05, 3.63) is 84.8 Å². The zero-order valence-electron chi connectivity index (χ0n) is 17.2. The van der Waals surface area contributed by atoms with Gasteiger partial charge >= 0.3 is 6.03 Å². The van der Waals surface area contributed by atoms with Crippen LogP contribution < -0.4 is 15.4 Å². The van der Waals surface area contributed by atoms with E-state index in [-0.39, 0.29) is 11.9 Å². The Hall–Kier alpha value is -4.13. The third kappa shape index (κ3) is 5.27. The van der Waals surface area contributed by atoms with E-state index in [0.717, 1.165) is 11.3 Å². The largest absolute Gasteiger partial charge is 0.457 e. The van der Waals surface area contributed by atoms with Crippen LogP contribution in [-0.4, -0.2) is 16.2 Å². The summed E-state index contributed by atoms with van der Waals surface area (Å²) in [5, 5.41) is 9.59. The summed E-state index contributed by atoms with van der Waals surface area (Å²) in [5.41, 5.74) is 2.12. The van der Waals surface area contributed by atoms with E-state index in [1.807, 2.05) is 56.3 Å². The zero-order chi connectivity index (χ0) is 21.6. The lowest BCUT2D eigenvalue weighted by atomic mass is 10.2. The Bertz CT molecular complexity index is 1140. The number of ether oxygens (including phenoxy) is 1. The van der Waals surface area contributed by atoms with Crippen LogP contribution >= 0.6 is 0 Å². The SMILES string of the molecule is CC(C)c1nc(-c2ccc(NC(=O)Nc3ccc(Oc4ccccc4)cc3)cc2)no1. The Kier molecular flexibility index (Phi) is 5.93. The molecule has 0 aliphatic rings. The number of hydrogen-bond acceptors (Lipinski definition) is 5. The standard InChI is InChI=1S/C24H22N4O3/c1-16(2)23-27-22(28-31-23)17-8-10-18(11-9-17)25-24(29)26-19-12-14-21(15-13-19)30-20-6-4-3-5-7-20/h3-16H,1-2H3,(H2,25,26,29). The van der Waals surface area contributed by atoms with Crippen molar-refractivity contribution in [2.75, 3.05) is 10.6 Å². The summed E-state index contributed by atoms with van der Waals surface area (Å²) < 4.78 is 11.0. The molecule has 0 radical (unpaired) electrons. The third-order valence-corrected chi connectivity index (χ3v) is 4.43. The highest BCUT2D eigenvalue weighted by atomic mass is 16.5. The summed E-state index contributed by atoms with van der Waals surface area (Å²) in [7, 11) is 0. The first-order chi connectivity index (χ1) is 15.1. The molecule has 156 valence electrons. The number of carbonyl (C=O) groups excluding carboxylic acids is 1. The second-order valence-corrected chi connectivity index (χ2v) is 7.21. The highest BCUT2D eigenvalue weighted by Gasteiger charge is 2.11. The average Bonchev–Trinajstić information content (AvgIpc) is 3.27. The normalized spacial score (nSPS) is 10.7. The fraction of sp³-hybridized carbons (Fsp3) is 0.125. The third-order valence-electron chi connectivity index (χ3n) is 4.43. The second kappa shape index (κ2) is 9.13. The molecule has 0 aliphatic heterocycles. The number of para-hydroxylation sites is 1. The minimum atomic E-state index is -0.342. The fourth-order valence-corrected chi connectivity index (χ4v) is 2.81. The number of amides is 2. The van der Waals surface area contributed by atoms with Gasteiger partial charge in [-0.15, -0.1) is 0 Å². The summed E-state index contributed by atoms with van der Waals surface area (Å²) in [5.74, 6) is 2.74. The number of nitrogens with zero attached hydrogens (tertiary/aromatic N) is 2. The minimum absolute atomic E-state index is 0.171. The Balaban J connectivity index is 1.33. The van der Waals surface area contributed by atoms with Crippen LogP contribution in [0.25, 0.3) is 11.4 Å². The minimum Gasteiger partial charge on any atom is -0.457 e. The van der Waals surface area contributed by atoms with Gasteiger partial charge in [0, 0.05) is 22.9 Å². The molecule has 0 saturated carbocycles. The van der Waals surface area contributed by atoms with Crippen molar-refractivity contribution in [3.63, 3.8) is 0 Å². The zero-order valence-corrected chi connectivity index (χ0v) is 17.2. The van der Waals surface area contributed by atoms with Crippen LogP contribution in [0.4, 0.5) is 16.2 Å². The van der Waals surface area contributed by atoms with Gasteiger partial charge < -0.3 is 19.9 Å². The number of aromatic nitrogens is 2. The van der Waals surface area contributed by atoms with Gasteiger partial charge in [0.15, 0.2) is 0 Å². The number of rotatable bonds is 6. The van der Waals surface area contributed by atoms with Crippen LogP contribution in [0.3, 0.4) is 0 Å². The molecule has 2 amide bonds. The van der Waals surface area contributed by atoms with Crippen molar-refractivity contribution in [1.82, 2.24) is 10.1 Å². The topological polar surface area (TPSA) is 89.3 Å². The lowest BCUT2D eigenvalue weighted by molar-refractivity contribution is 0.262. The molecule has 2 N–H and O–H groups in total. The molecule has 7 heteroatoms. The number of carbonyl (C=O) groups is 1. The molecule has 0 bridgehead atoms. The maximum absolute atomic E-state index is 12.3. The first-order valence-corrected chi connectivity index (χ1v) is 9.92. The van der Waals surface area contributed by atoms with Gasteiger partial charge in [-0.2, -0.15) is 4.98 Å². The van der Waals surface area contributed by atoms with Crippen molar-refractivity contribution in [3.8, 4) is 22.9 Å². The summed E-state index contributed by atoms with van der Waals surface area (Å²) in [6, 6.07) is 23.6. The molecule has 1 heterocycles. The van der Waals surface area contributed by atoms with E-state index in [1.165, 1.54) is 0 Å². The first-order valence-electron chi connectivity index (χ1n) is 9.92. The van der Waals surface area contributed by atoms with Crippen LogP contribution in [0.2, 0.25) is 0 Å². The molecule has 3 aromatic carbocycles. The summed E-state index contributed by atoms with van der Waals surface area (Å²) in [4.78, 5) is 16.7. The van der Waals surface area contributed by atoms with Crippen molar-refractivity contribution in [1.29, 1.82) is 0 Å². The molecule has 0 spiro atoms. The van der Waals surface area contributed by atoms with Gasteiger partial charge in [-0.3, -0.25) is 0 Å². The molecule has 4 aromatic rings. The summed E-state index contributed by atoms with van der Waals surface area (Å²) in [6.07, 6.45) is 0. The van der Waals surface area contributed by atoms with Gasteiger partial charge in [-0.05, 0) is 60.7 Å². The van der Waals surface area contributed by atoms with Crippen LogP contribution in [0.5, 0.6) is 11.5 Å². The van der Waals surface area contributed by atoms with Crippen molar-refractivity contribution in [2.45, 2.75) is 19.8 Å². The van der Waals surface area contributed by atoms with Crippen LogP contribution in [0.15, 0.2) is 83.4 Å². The molecule has 0 unspecified atom stereocenters. The van der Waals surface area contributed by atoms with Crippen LogP contribution in [0, 0.1) is 0 Å². The van der Waals surface area contributed by atoms with E-state index in [0.29, 0.717) is 28.8 Å². The van der Waals surface area contributed by atoms with E-state index in [9.17, 15) is 4.79 Å². The van der Waals surface area contributed by atoms with E-state index in [4.69, 9.17) is 9.26 Å². The number of anilines is 2. The lowest BCUT2D eigenvalue weighted by Gasteiger charge is -2.09.